The van der Waals surface area contributed by atoms with Crippen molar-refractivity contribution in [2.45, 2.75) is 64.9 Å². The molecule has 1 aromatic carbocycles. The Labute approximate surface area is 145 Å². The predicted molar refractivity (Wildman–Crippen MR) is 91.7 cm³/mol. The van der Waals surface area contributed by atoms with Gasteiger partial charge in [-0.2, -0.15) is 0 Å². The second-order valence-corrected chi connectivity index (χ2v) is 7.44. The predicted octanol–water partition coefficient (Wildman–Crippen LogP) is 3.06. The highest BCUT2D eigenvalue weighted by molar-refractivity contribution is 5.78. The lowest BCUT2D eigenvalue weighted by Gasteiger charge is -2.28. The van der Waals surface area contributed by atoms with Gasteiger partial charge in [0.25, 0.3) is 5.69 Å². The summed E-state index contributed by atoms with van der Waals surface area (Å²) >= 11 is 0. The van der Waals surface area contributed by atoms with Gasteiger partial charge in [-0.05, 0) is 46.6 Å². The lowest BCUT2D eigenvalue weighted by molar-refractivity contribution is -0.392. The van der Waals surface area contributed by atoms with Crippen molar-refractivity contribution in [3.8, 4) is 0 Å². The van der Waals surface area contributed by atoms with Gasteiger partial charge in [0, 0.05) is 11.6 Å². The minimum absolute atomic E-state index is 0.149. The first-order chi connectivity index (χ1) is 11.4. The first kappa shape index (κ1) is 19.1. The SMILES string of the molecule is Cc1c(CO)cc([N+](=O)[O-])c(NC2CC(C)(C)OC2(C)C)c1[N+](=O)[O-]. The highest BCUT2D eigenvalue weighted by Crippen LogP contribution is 2.44. The van der Waals surface area contributed by atoms with Gasteiger partial charge in [-0.1, -0.05) is 0 Å². The number of aliphatic hydroxyl groups excluding tert-OH is 1. The number of nitrogens with zero attached hydrogens (tertiary/aromatic N) is 2. The minimum Gasteiger partial charge on any atom is -0.392 e. The molecule has 0 spiro atoms. The van der Waals surface area contributed by atoms with Crippen LogP contribution < -0.4 is 5.32 Å². The molecule has 1 unspecified atom stereocenters. The zero-order valence-corrected chi connectivity index (χ0v) is 15.0. The number of aliphatic hydroxyl groups is 1. The fraction of sp³-hybridized carbons (Fsp3) is 0.625. The van der Waals surface area contributed by atoms with E-state index in [4.69, 9.17) is 4.74 Å². The van der Waals surface area contributed by atoms with Crippen molar-refractivity contribution in [1.82, 2.24) is 0 Å². The van der Waals surface area contributed by atoms with Crippen molar-refractivity contribution in [2.75, 3.05) is 5.32 Å². The van der Waals surface area contributed by atoms with Crippen molar-refractivity contribution in [3.05, 3.63) is 37.4 Å². The number of nitrogens with one attached hydrogen (secondary N) is 1. The van der Waals surface area contributed by atoms with Gasteiger partial charge in [0.15, 0.2) is 5.69 Å². The number of rotatable bonds is 5. The second-order valence-electron chi connectivity index (χ2n) is 7.44. The molecule has 138 valence electrons. The molecule has 0 amide bonds. The van der Waals surface area contributed by atoms with Crippen LogP contribution in [-0.2, 0) is 11.3 Å². The third-order valence-electron chi connectivity index (χ3n) is 4.58. The number of nitro benzene ring substituents is 2. The fourth-order valence-electron chi connectivity index (χ4n) is 3.45. The van der Waals surface area contributed by atoms with Gasteiger partial charge in [-0.3, -0.25) is 20.2 Å². The summed E-state index contributed by atoms with van der Waals surface area (Å²) in [5.41, 5.74) is -1.72. The highest BCUT2D eigenvalue weighted by atomic mass is 16.6. The van der Waals surface area contributed by atoms with Crippen molar-refractivity contribution in [2.24, 2.45) is 0 Å². The van der Waals surface area contributed by atoms with Crippen LogP contribution in [0, 0.1) is 27.2 Å². The molecule has 25 heavy (non-hydrogen) atoms. The average molecular weight is 353 g/mol. The lowest BCUT2D eigenvalue weighted by atomic mass is 9.93. The zero-order chi connectivity index (χ0) is 19.2. The van der Waals surface area contributed by atoms with Crippen LogP contribution in [-0.4, -0.2) is 32.2 Å². The summed E-state index contributed by atoms with van der Waals surface area (Å²) in [6, 6.07) is 0.831. The second kappa shape index (κ2) is 6.23. The Bertz CT molecular complexity index is 729. The van der Waals surface area contributed by atoms with E-state index in [2.05, 4.69) is 5.32 Å². The van der Waals surface area contributed by atoms with Gasteiger partial charge in [0.1, 0.15) is 0 Å². The van der Waals surface area contributed by atoms with E-state index in [-0.39, 0.29) is 22.9 Å². The Hall–Kier alpha value is -2.26. The molecule has 1 fully saturated rings. The molecule has 0 bridgehead atoms. The molecule has 2 rings (SSSR count). The van der Waals surface area contributed by atoms with E-state index in [1.807, 2.05) is 27.7 Å². The van der Waals surface area contributed by atoms with Crippen LogP contribution in [0.4, 0.5) is 17.1 Å². The van der Waals surface area contributed by atoms with Gasteiger partial charge in [-0.15, -0.1) is 0 Å². The number of hydrogen-bond acceptors (Lipinski definition) is 7. The van der Waals surface area contributed by atoms with Crippen molar-refractivity contribution >= 4 is 17.1 Å². The van der Waals surface area contributed by atoms with E-state index in [9.17, 15) is 25.3 Å². The van der Waals surface area contributed by atoms with Gasteiger partial charge >= 0.3 is 5.69 Å². The summed E-state index contributed by atoms with van der Waals surface area (Å²) in [4.78, 5) is 21.7. The quantitative estimate of drug-likeness (QED) is 0.615. The average Bonchev–Trinajstić information content (AvgIpc) is 2.65. The van der Waals surface area contributed by atoms with Crippen molar-refractivity contribution in [1.29, 1.82) is 0 Å². The topological polar surface area (TPSA) is 128 Å². The zero-order valence-electron chi connectivity index (χ0n) is 15.0. The Morgan fingerprint density at radius 3 is 2.28 bits per heavy atom. The van der Waals surface area contributed by atoms with E-state index in [0.29, 0.717) is 6.42 Å². The third kappa shape index (κ3) is 3.57. The molecular formula is C16H23N3O6. The molecule has 1 aromatic rings. The minimum atomic E-state index is -0.679. The monoisotopic (exact) mass is 353 g/mol. The third-order valence-corrected chi connectivity index (χ3v) is 4.58. The standard InChI is InChI=1S/C16H23N3O6/c1-9-10(8-20)6-11(18(21)22)13(14(9)19(23)24)17-12-7-15(2,3)25-16(12,4)5/h6,12,17,20H,7-8H2,1-5H3. The summed E-state index contributed by atoms with van der Waals surface area (Å²) in [6.07, 6.45) is 0.537. The Morgan fingerprint density at radius 1 is 1.28 bits per heavy atom. The Morgan fingerprint density at radius 2 is 1.88 bits per heavy atom. The molecule has 1 saturated heterocycles. The van der Waals surface area contributed by atoms with Crippen LogP contribution in [0.3, 0.4) is 0 Å². The van der Waals surface area contributed by atoms with E-state index < -0.39 is 39.0 Å². The molecular weight excluding hydrogens is 330 g/mol. The van der Waals surface area contributed by atoms with Gasteiger partial charge in [-0.25, -0.2) is 0 Å². The van der Waals surface area contributed by atoms with Gasteiger partial charge in [0.2, 0.25) is 0 Å². The molecule has 1 heterocycles. The molecule has 0 aliphatic carbocycles. The van der Waals surface area contributed by atoms with Crippen molar-refractivity contribution < 1.29 is 19.7 Å². The Kier molecular flexibility index (Phi) is 4.75. The molecule has 9 nitrogen and oxygen atoms in total. The van der Waals surface area contributed by atoms with Gasteiger partial charge < -0.3 is 15.2 Å². The lowest BCUT2D eigenvalue weighted by Crippen LogP contribution is -2.38. The molecule has 9 heteroatoms. The maximum Gasteiger partial charge on any atom is 0.302 e. The van der Waals surface area contributed by atoms with Gasteiger partial charge in [0.05, 0.1) is 33.7 Å². The molecule has 0 aromatic heterocycles. The maximum absolute atomic E-state index is 11.6. The highest BCUT2D eigenvalue weighted by Gasteiger charge is 2.47. The van der Waals surface area contributed by atoms with E-state index in [0.717, 1.165) is 0 Å². The molecule has 1 aliphatic heterocycles. The number of nitro groups is 2. The molecule has 1 aliphatic rings. The summed E-state index contributed by atoms with van der Waals surface area (Å²) in [7, 11) is 0. The molecule has 0 saturated carbocycles. The number of ether oxygens (including phenoxy) is 1. The van der Waals surface area contributed by atoms with Crippen LogP contribution in [0.25, 0.3) is 0 Å². The maximum atomic E-state index is 11.6. The largest absolute Gasteiger partial charge is 0.392 e. The van der Waals surface area contributed by atoms with Crippen LogP contribution in [0.1, 0.15) is 45.2 Å². The number of hydrogen-bond donors (Lipinski definition) is 2. The fourth-order valence-corrected chi connectivity index (χ4v) is 3.45. The summed E-state index contributed by atoms with van der Waals surface area (Å²) in [5.74, 6) is 0. The van der Waals surface area contributed by atoms with E-state index in [1.54, 1.807) is 0 Å². The summed E-state index contributed by atoms with van der Waals surface area (Å²) < 4.78 is 5.95. The van der Waals surface area contributed by atoms with E-state index >= 15 is 0 Å². The molecule has 2 N–H and O–H groups in total. The number of benzene rings is 1. The smallest absolute Gasteiger partial charge is 0.302 e. The van der Waals surface area contributed by atoms with Crippen LogP contribution in [0.5, 0.6) is 0 Å². The van der Waals surface area contributed by atoms with Crippen LogP contribution in [0.2, 0.25) is 0 Å². The normalized spacial score (nSPS) is 21.1. The van der Waals surface area contributed by atoms with Crippen LogP contribution >= 0.6 is 0 Å². The molecule has 1 atom stereocenters. The van der Waals surface area contributed by atoms with Crippen molar-refractivity contribution in [3.63, 3.8) is 0 Å². The first-order valence-electron chi connectivity index (χ1n) is 7.92. The number of anilines is 1. The summed E-state index contributed by atoms with van der Waals surface area (Å²) in [5, 5.41) is 35.4. The molecule has 0 radical (unpaired) electrons. The summed E-state index contributed by atoms with van der Waals surface area (Å²) in [6.45, 7) is 8.44. The first-order valence-corrected chi connectivity index (χ1v) is 7.92. The van der Waals surface area contributed by atoms with Crippen LogP contribution in [0.15, 0.2) is 6.07 Å². The van der Waals surface area contributed by atoms with E-state index in [1.165, 1.54) is 13.0 Å². The Balaban J connectivity index is 2.62.